The van der Waals surface area contributed by atoms with Crippen molar-refractivity contribution in [2.24, 2.45) is 5.92 Å². The van der Waals surface area contributed by atoms with Crippen LogP contribution in [0.1, 0.15) is 39.5 Å². The fourth-order valence-electron chi connectivity index (χ4n) is 0.953. The highest BCUT2D eigenvalue weighted by molar-refractivity contribution is 5.75. The van der Waals surface area contributed by atoms with E-state index in [4.69, 9.17) is 5.11 Å². The first-order valence-electron chi connectivity index (χ1n) is 3.95. The Morgan fingerprint density at radius 3 is 2.27 bits per heavy atom. The second-order valence-electron chi connectivity index (χ2n) is 2.59. The molecule has 0 saturated heterocycles. The van der Waals surface area contributed by atoms with Crippen molar-refractivity contribution in [2.45, 2.75) is 39.5 Å². The Morgan fingerprint density at radius 2 is 2.00 bits per heavy atom. The number of carbonyl (C=O) groups is 1. The summed E-state index contributed by atoms with van der Waals surface area (Å²) in [4.78, 5) is 10.4. The van der Waals surface area contributed by atoms with Gasteiger partial charge < -0.3 is 5.11 Å². The molecule has 0 aromatic heterocycles. The number of hydrogen-bond donors (Lipinski definition) is 1. The lowest BCUT2D eigenvalue weighted by Crippen LogP contribution is -2.11. The maximum atomic E-state index is 10.4. The largest absolute Gasteiger partial charge is 0.481 e. The van der Waals surface area contributed by atoms with E-state index < -0.39 is 5.97 Å². The quantitative estimate of drug-likeness (QED) is 0.630. The second-order valence-corrected chi connectivity index (χ2v) is 2.59. The smallest absolute Gasteiger partial charge is 0.306 e. The Morgan fingerprint density at radius 1 is 1.45 bits per heavy atom. The first kappa shape index (κ1) is 13.3. The van der Waals surface area contributed by atoms with Gasteiger partial charge >= 0.3 is 5.97 Å². The van der Waals surface area contributed by atoms with E-state index in [0.29, 0.717) is 0 Å². The third kappa shape index (κ3) is 6.10. The molecule has 11 heavy (non-hydrogen) atoms. The van der Waals surface area contributed by atoms with Crippen LogP contribution in [0.25, 0.3) is 0 Å². The summed E-state index contributed by atoms with van der Waals surface area (Å²) in [6.45, 7) is 4.00. The fraction of sp³-hybridized carbons (Fsp3) is 0.875. The predicted octanol–water partition coefficient (Wildman–Crippen LogP) is 0.836. The minimum absolute atomic E-state index is 0. The summed E-state index contributed by atoms with van der Waals surface area (Å²) in [6, 6.07) is 0. The molecule has 3 heteroatoms. The number of rotatable bonds is 5. The molecule has 0 aliphatic heterocycles. The molecule has 0 aliphatic rings. The summed E-state index contributed by atoms with van der Waals surface area (Å²) in [5.41, 5.74) is 0. The predicted molar refractivity (Wildman–Crippen MR) is 52.3 cm³/mol. The van der Waals surface area contributed by atoms with Gasteiger partial charge in [-0.25, -0.2) is 0 Å². The van der Waals surface area contributed by atoms with Crippen molar-refractivity contribution >= 4 is 16.9 Å². The minimum atomic E-state index is -0.643. The molecule has 0 spiro atoms. The lowest BCUT2D eigenvalue weighted by molar-refractivity contribution is -0.142. The lowest BCUT2D eigenvalue weighted by atomic mass is 10.00. The number of carboxylic acid groups (broad SMARTS) is 1. The first-order valence-corrected chi connectivity index (χ1v) is 3.95. The van der Waals surface area contributed by atoms with Crippen LogP contribution in [0.15, 0.2) is 0 Å². The standard InChI is InChI=1S/C8H16O2.H4Si/c1-3-5-6-7(4-2)8(9)10;/h7H,3-6H2,1-2H3,(H,9,10);1H4. The van der Waals surface area contributed by atoms with Crippen molar-refractivity contribution in [3.8, 4) is 0 Å². The molecule has 1 N–H and O–H groups in total. The monoisotopic (exact) mass is 176 g/mol. The third-order valence-corrected chi connectivity index (χ3v) is 1.75. The van der Waals surface area contributed by atoms with Crippen molar-refractivity contribution in [2.75, 3.05) is 0 Å². The van der Waals surface area contributed by atoms with E-state index >= 15 is 0 Å². The van der Waals surface area contributed by atoms with Gasteiger partial charge in [-0.2, -0.15) is 0 Å². The van der Waals surface area contributed by atoms with Crippen LogP contribution < -0.4 is 0 Å². The van der Waals surface area contributed by atoms with Crippen molar-refractivity contribution in [3.63, 3.8) is 0 Å². The van der Waals surface area contributed by atoms with Crippen molar-refractivity contribution in [1.82, 2.24) is 0 Å². The van der Waals surface area contributed by atoms with Gasteiger partial charge in [0.25, 0.3) is 0 Å². The molecule has 0 aromatic carbocycles. The molecular formula is C8H20O2Si. The molecule has 0 aromatic rings. The van der Waals surface area contributed by atoms with Gasteiger partial charge in [0, 0.05) is 0 Å². The average molecular weight is 176 g/mol. The Bertz CT molecular complexity index is 104. The van der Waals surface area contributed by atoms with E-state index in [1.54, 1.807) is 0 Å². The Kier molecular flexibility index (Phi) is 9.41. The van der Waals surface area contributed by atoms with Crippen LogP contribution in [0.4, 0.5) is 0 Å². The molecule has 0 bridgehead atoms. The molecule has 0 heterocycles. The SMILES string of the molecule is CCCCC(CC)C(=O)O.[SiH4]. The molecule has 1 atom stereocenters. The van der Waals surface area contributed by atoms with Crippen molar-refractivity contribution in [1.29, 1.82) is 0 Å². The highest BCUT2D eigenvalue weighted by atomic mass is 28.1. The molecular weight excluding hydrogens is 156 g/mol. The molecule has 2 nitrogen and oxygen atoms in total. The number of unbranched alkanes of at least 4 members (excludes halogenated alkanes) is 1. The van der Waals surface area contributed by atoms with E-state index in [2.05, 4.69) is 6.92 Å². The van der Waals surface area contributed by atoms with Gasteiger partial charge in [-0.05, 0) is 23.8 Å². The van der Waals surface area contributed by atoms with Crippen molar-refractivity contribution < 1.29 is 9.90 Å². The number of carboxylic acids is 1. The summed E-state index contributed by atoms with van der Waals surface area (Å²) in [5, 5.41) is 8.60. The highest BCUT2D eigenvalue weighted by Gasteiger charge is 2.12. The van der Waals surface area contributed by atoms with Gasteiger partial charge in [-0.1, -0.05) is 26.7 Å². The van der Waals surface area contributed by atoms with E-state index in [0.717, 1.165) is 25.7 Å². The maximum absolute atomic E-state index is 10.4. The molecule has 0 saturated carbocycles. The molecule has 0 rings (SSSR count). The second kappa shape index (κ2) is 7.79. The third-order valence-electron chi connectivity index (χ3n) is 1.75. The molecule has 68 valence electrons. The number of hydrogen-bond acceptors (Lipinski definition) is 1. The summed E-state index contributed by atoms with van der Waals surface area (Å²) in [5.74, 6) is -0.754. The molecule has 0 radical (unpaired) electrons. The molecule has 1 unspecified atom stereocenters. The fourth-order valence-corrected chi connectivity index (χ4v) is 0.953. The molecule has 0 aliphatic carbocycles. The zero-order valence-electron chi connectivity index (χ0n) is 6.76. The van der Waals surface area contributed by atoms with E-state index in [1.807, 2.05) is 6.92 Å². The summed E-state index contributed by atoms with van der Waals surface area (Å²) >= 11 is 0. The van der Waals surface area contributed by atoms with Gasteiger partial charge in [-0.15, -0.1) is 0 Å². The van der Waals surface area contributed by atoms with Gasteiger partial charge in [-0.3, -0.25) is 4.79 Å². The molecule has 0 amide bonds. The van der Waals surface area contributed by atoms with Crippen LogP contribution in [0.2, 0.25) is 0 Å². The van der Waals surface area contributed by atoms with Crippen LogP contribution in [0.5, 0.6) is 0 Å². The number of aliphatic carboxylic acids is 1. The topological polar surface area (TPSA) is 37.3 Å². The average Bonchev–Trinajstić information content (AvgIpc) is 1.89. The van der Waals surface area contributed by atoms with Crippen molar-refractivity contribution in [3.05, 3.63) is 0 Å². The van der Waals surface area contributed by atoms with Crippen LogP contribution in [-0.4, -0.2) is 22.0 Å². The van der Waals surface area contributed by atoms with Gasteiger partial charge in [0.05, 0.1) is 5.92 Å². The Labute approximate surface area is 73.0 Å². The van der Waals surface area contributed by atoms with Gasteiger partial charge in [0.2, 0.25) is 0 Å². The Hall–Kier alpha value is -0.313. The van der Waals surface area contributed by atoms with Crippen LogP contribution in [0, 0.1) is 5.92 Å². The normalized spacial score (nSPS) is 11.8. The zero-order valence-corrected chi connectivity index (χ0v) is 6.76. The van der Waals surface area contributed by atoms with Gasteiger partial charge in [0.15, 0.2) is 0 Å². The van der Waals surface area contributed by atoms with Crippen LogP contribution >= 0.6 is 0 Å². The first-order chi connectivity index (χ1) is 4.72. The van der Waals surface area contributed by atoms with Crippen LogP contribution in [-0.2, 0) is 4.79 Å². The van der Waals surface area contributed by atoms with Crippen LogP contribution in [0.3, 0.4) is 0 Å². The Balaban J connectivity index is 0. The molecule has 0 fully saturated rings. The maximum Gasteiger partial charge on any atom is 0.306 e. The lowest BCUT2D eigenvalue weighted by Gasteiger charge is -2.06. The highest BCUT2D eigenvalue weighted by Crippen LogP contribution is 2.11. The van der Waals surface area contributed by atoms with Gasteiger partial charge in [0.1, 0.15) is 0 Å². The summed E-state index contributed by atoms with van der Waals surface area (Å²) in [6.07, 6.45) is 3.71. The van der Waals surface area contributed by atoms with E-state index in [1.165, 1.54) is 0 Å². The summed E-state index contributed by atoms with van der Waals surface area (Å²) < 4.78 is 0. The zero-order chi connectivity index (χ0) is 7.98. The van der Waals surface area contributed by atoms with E-state index in [-0.39, 0.29) is 16.9 Å². The summed E-state index contributed by atoms with van der Waals surface area (Å²) in [7, 11) is 0. The minimum Gasteiger partial charge on any atom is -0.481 e. The van der Waals surface area contributed by atoms with E-state index in [9.17, 15) is 4.79 Å².